The van der Waals surface area contributed by atoms with Crippen LogP contribution >= 0.6 is 0 Å². The van der Waals surface area contributed by atoms with E-state index >= 15 is 0 Å². The van der Waals surface area contributed by atoms with Gasteiger partial charge in [0.1, 0.15) is 0 Å². The molecule has 0 bridgehead atoms. The minimum Gasteiger partial charge on any atom is -0.325 e. The molecule has 1 heterocycles. The lowest BCUT2D eigenvalue weighted by atomic mass is 9.81. The summed E-state index contributed by atoms with van der Waals surface area (Å²) in [6.45, 7) is 5.82. The fourth-order valence-electron chi connectivity index (χ4n) is 3.75. The zero-order valence-corrected chi connectivity index (χ0v) is 12.2. The van der Waals surface area contributed by atoms with E-state index in [9.17, 15) is 0 Å². The van der Waals surface area contributed by atoms with E-state index in [1.807, 2.05) is 0 Å². The van der Waals surface area contributed by atoms with E-state index < -0.39 is 0 Å². The van der Waals surface area contributed by atoms with Crippen molar-refractivity contribution in [3.05, 3.63) is 35.9 Å². The monoisotopic (exact) mass is 258 g/mol. The van der Waals surface area contributed by atoms with Crippen LogP contribution in [0.5, 0.6) is 0 Å². The average molecular weight is 258 g/mol. The van der Waals surface area contributed by atoms with Crippen molar-refractivity contribution < 1.29 is 0 Å². The highest BCUT2D eigenvalue weighted by Crippen LogP contribution is 2.46. The topological polar surface area (TPSA) is 29.3 Å². The molecule has 0 spiro atoms. The van der Waals surface area contributed by atoms with E-state index in [1.54, 1.807) is 0 Å². The molecule has 2 fully saturated rings. The lowest BCUT2D eigenvalue weighted by Gasteiger charge is -2.44. The van der Waals surface area contributed by atoms with Crippen LogP contribution in [0.1, 0.15) is 45.1 Å². The summed E-state index contributed by atoms with van der Waals surface area (Å²) in [6.07, 6.45) is 5.03. The Labute approximate surface area is 117 Å². The van der Waals surface area contributed by atoms with E-state index in [0.717, 1.165) is 12.5 Å². The number of rotatable bonds is 3. The molecule has 2 atom stereocenters. The number of nitrogens with zero attached hydrogens (tertiary/aromatic N) is 1. The van der Waals surface area contributed by atoms with Gasteiger partial charge < -0.3 is 5.73 Å². The fourth-order valence-corrected chi connectivity index (χ4v) is 3.75. The molecule has 1 aliphatic carbocycles. The third kappa shape index (κ3) is 2.70. The minimum absolute atomic E-state index is 0.196. The number of benzene rings is 1. The lowest BCUT2D eigenvalue weighted by Crippen LogP contribution is -2.50. The van der Waals surface area contributed by atoms with Gasteiger partial charge in [-0.3, -0.25) is 4.90 Å². The smallest absolute Gasteiger partial charge is 0.0239 e. The molecule has 3 rings (SSSR count). The minimum atomic E-state index is 0.196. The molecule has 2 N–H and O–H groups in total. The van der Waals surface area contributed by atoms with Crippen molar-refractivity contribution in [2.24, 2.45) is 11.7 Å². The van der Waals surface area contributed by atoms with Gasteiger partial charge in [-0.1, -0.05) is 30.3 Å². The second-order valence-electron chi connectivity index (χ2n) is 6.76. The third-order valence-electron chi connectivity index (χ3n) is 5.23. The van der Waals surface area contributed by atoms with Crippen molar-refractivity contribution in [1.82, 2.24) is 4.90 Å². The number of likely N-dealkylation sites (tertiary alicyclic amines) is 1. The summed E-state index contributed by atoms with van der Waals surface area (Å²) in [5, 5.41) is 0. The highest BCUT2D eigenvalue weighted by Gasteiger charge is 2.48. The van der Waals surface area contributed by atoms with Crippen LogP contribution in [0.3, 0.4) is 0 Å². The van der Waals surface area contributed by atoms with E-state index in [2.05, 4.69) is 49.1 Å². The summed E-state index contributed by atoms with van der Waals surface area (Å²) >= 11 is 0. The summed E-state index contributed by atoms with van der Waals surface area (Å²) in [7, 11) is 0. The summed E-state index contributed by atoms with van der Waals surface area (Å²) in [4.78, 5) is 2.65. The molecule has 2 heteroatoms. The molecule has 1 aliphatic heterocycles. The van der Waals surface area contributed by atoms with Gasteiger partial charge in [0.15, 0.2) is 0 Å². The van der Waals surface area contributed by atoms with Gasteiger partial charge in [0.25, 0.3) is 0 Å². The summed E-state index contributed by atoms with van der Waals surface area (Å²) in [6, 6.07) is 12.1. The van der Waals surface area contributed by atoms with Crippen molar-refractivity contribution in [3.63, 3.8) is 0 Å². The first-order valence-electron chi connectivity index (χ1n) is 7.67. The molecule has 1 aromatic carbocycles. The third-order valence-corrected chi connectivity index (χ3v) is 5.23. The Morgan fingerprint density at radius 1 is 1.11 bits per heavy atom. The predicted octanol–water partition coefficient (Wildman–Crippen LogP) is 3.17. The molecule has 1 saturated carbocycles. The average Bonchev–Trinajstić information content (AvgIpc) is 3.14. The quantitative estimate of drug-likeness (QED) is 0.902. The Balaban J connectivity index is 1.67. The summed E-state index contributed by atoms with van der Waals surface area (Å²) in [5.41, 5.74) is 8.05. The van der Waals surface area contributed by atoms with Gasteiger partial charge in [0.05, 0.1) is 0 Å². The second-order valence-corrected chi connectivity index (χ2v) is 6.76. The molecule has 104 valence electrons. The maximum absolute atomic E-state index is 6.43. The number of hydrogen-bond donors (Lipinski definition) is 1. The molecule has 19 heavy (non-hydrogen) atoms. The fraction of sp³-hybridized carbons (Fsp3) is 0.647. The van der Waals surface area contributed by atoms with E-state index in [4.69, 9.17) is 5.73 Å². The Kier molecular flexibility index (Phi) is 3.40. The van der Waals surface area contributed by atoms with Gasteiger partial charge in [0, 0.05) is 24.2 Å². The molecular weight excluding hydrogens is 232 g/mol. The molecule has 1 saturated heterocycles. The first-order chi connectivity index (χ1) is 9.08. The Morgan fingerprint density at radius 2 is 1.68 bits per heavy atom. The van der Waals surface area contributed by atoms with Crippen LogP contribution in [0.4, 0.5) is 0 Å². The van der Waals surface area contributed by atoms with Crippen LogP contribution in [0.25, 0.3) is 0 Å². The maximum Gasteiger partial charge on any atom is 0.0239 e. The van der Waals surface area contributed by atoms with Crippen LogP contribution in [0.15, 0.2) is 30.3 Å². The van der Waals surface area contributed by atoms with Crippen molar-refractivity contribution in [2.75, 3.05) is 0 Å². The first kappa shape index (κ1) is 13.1. The summed E-state index contributed by atoms with van der Waals surface area (Å²) < 4.78 is 0. The standard InChI is InChI=1S/C17H26N2/c1-13-10-16(17(18)8-9-17)11-14(2)19(13)12-15-6-4-3-5-7-15/h3-7,13-14,16H,8-12,18H2,1-2H3. The van der Waals surface area contributed by atoms with Crippen molar-refractivity contribution in [1.29, 1.82) is 0 Å². The molecule has 0 amide bonds. The van der Waals surface area contributed by atoms with Gasteiger partial charge >= 0.3 is 0 Å². The molecule has 2 unspecified atom stereocenters. The molecule has 1 aromatic rings. The Hall–Kier alpha value is -0.860. The maximum atomic E-state index is 6.43. The van der Waals surface area contributed by atoms with Gasteiger partial charge in [-0.2, -0.15) is 0 Å². The van der Waals surface area contributed by atoms with Crippen LogP contribution in [-0.4, -0.2) is 22.5 Å². The lowest BCUT2D eigenvalue weighted by molar-refractivity contribution is 0.0509. The van der Waals surface area contributed by atoms with E-state index in [0.29, 0.717) is 12.1 Å². The molecule has 0 aromatic heterocycles. The molecule has 0 radical (unpaired) electrons. The zero-order valence-electron chi connectivity index (χ0n) is 12.2. The van der Waals surface area contributed by atoms with Crippen LogP contribution in [0.2, 0.25) is 0 Å². The predicted molar refractivity (Wildman–Crippen MR) is 79.8 cm³/mol. The Morgan fingerprint density at radius 3 is 2.21 bits per heavy atom. The van der Waals surface area contributed by atoms with Crippen LogP contribution in [-0.2, 0) is 6.54 Å². The summed E-state index contributed by atoms with van der Waals surface area (Å²) in [5.74, 6) is 0.740. The zero-order chi connectivity index (χ0) is 13.5. The SMILES string of the molecule is CC1CC(C2(N)CC2)CC(C)N1Cc1ccccc1. The first-order valence-corrected chi connectivity index (χ1v) is 7.67. The van der Waals surface area contributed by atoms with E-state index in [-0.39, 0.29) is 5.54 Å². The molecular formula is C17H26N2. The van der Waals surface area contributed by atoms with Gasteiger partial charge in [-0.15, -0.1) is 0 Å². The number of hydrogen-bond acceptors (Lipinski definition) is 2. The van der Waals surface area contributed by atoms with Gasteiger partial charge in [0.2, 0.25) is 0 Å². The van der Waals surface area contributed by atoms with Gasteiger partial charge in [-0.25, -0.2) is 0 Å². The molecule has 2 nitrogen and oxygen atoms in total. The number of nitrogens with two attached hydrogens (primary N) is 1. The largest absolute Gasteiger partial charge is 0.325 e. The number of piperidine rings is 1. The molecule has 2 aliphatic rings. The van der Waals surface area contributed by atoms with Crippen molar-refractivity contribution in [3.8, 4) is 0 Å². The second kappa shape index (κ2) is 4.92. The highest BCUT2D eigenvalue weighted by molar-refractivity contribution is 5.15. The van der Waals surface area contributed by atoms with Crippen LogP contribution < -0.4 is 5.73 Å². The Bertz CT molecular complexity index is 412. The van der Waals surface area contributed by atoms with Crippen molar-refractivity contribution in [2.45, 2.75) is 63.7 Å². The van der Waals surface area contributed by atoms with E-state index in [1.165, 1.54) is 31.2 Å². The highest BCUT2D eigenvalue weighted by atomic mass is 15.2. The normalized spacial score (nSPS) is 34.2. The van der Waals surface area contributed by atoms with Crippen LogP contribution in [0, 0.1) is 5.92 Å². The van der Waals surface area contributed by atoms with Gasteiger partial charge in [-0.05, 0) is 51.0 Å². The van der Waals surface area contributed by atoms with Crippen molar-refractivity contribution >= 4 is 0 Å².